The maximum atomic E-state index is 14.0. The molecule has 1 aromatic heterocycles. The summed E-state index contributed by atoms with van der Waals surface area (Å²) in [7, 11) is 0. The molecule has 0 saturated carbocycles. The maximum absolute atomic E-state index is 14.0. The van der Waals surface area contributed by atoms with Crippen molar-refractivity contribution in [3.05, 3.63) is 95.2 Å². The summed E-state index contributed by atoms with van der Waals surface area (Å²) in [4.78, 5) is 4.24. The van der Waals surface area contributed by atoms with E-state index >= 15 is 0 Å². The van der Waals surface area contributed by atoms with Crippen LogP contribution in [0.1, 0.15) is 16.8 Å². The first-order valence-electron chi connectivity index (χ1n) is 10.2. The van der Waals surface area contributed by atoms with Crippen LogP contribution in [0.25, 0.3) is 10.9 Å². The van der Waals surface area contributed by atoms with E-state index in [1.165, 1.54) is 6.07 Å². The second kappa shape index (κ2) is 9.96. The van der Waals surface area contributed by atoms with Crippen molar-refractivity contribution in [1.29, 1.82) is 5.26 Å². The van der Waals surface area contributed by atoms with Crippen LogP contribution in [0.2, 0.25) is 0 Å². The van der Waals surface area contributed by atoms with Gasteiger partial charge >= 0.3 is 0 Å². The summed E-state index contributed by atoms with van der Waals surface area (Å²) in [5, 5.41) is 9.19. The summed E-state index contributed by atoms with van der Waals surface area (Å²) in [6.45, 7) is 2.24. The number of aryl methyl sites for hydroxylation is 1. The SMILES string of the molecule is Cc1cccc(COc2cccc(OCc3ccc4cc(F)cc(F)c4n3)c2)c1OCC#N. The molecule has 7 heteroatoms. The first-order chi connectivity index (χ1) is 16.0. The minimum absolute atomic E-state index is 0.0389. The molecule has 0 amide bonds. The fourth-order valence-corrected chi connectivity index (χ4v) is 3.39. The molecule has 0 atom stereocenters. The minimum atomic E-state index is -0.712. The van der Waals surface area contributed by atoms with Crippen molar-refractivity contribution < 1.29 is 23.0 Å². The van der Waals surface area contributed by atoms with E-state index in [4.69, 9.17) is 19.5 Å². The average molecular weight is 446 g/mol. The fourth-order valence-electron chi connectivity index (χ4n) is 3.39. The van der Waals surface area contributed by atoms with Gasteiger partial charge in [0.15, 0.2) is 12.4 Å². The third kappa shape index (κ3) is 5.36. The van der Waals surface area contributed by atoms with Crippen LogP contribution >= 0.6 is 0 Å². The lowest BCUT2D eigenvalue weighted by Gasteiger charge is -2.14. The van der Waals surface area contributed by atoms with E-state index < -0.39 is 11.6 Å². The zero-order chi connectivity index (χ0) is 23.2. The van der Waals surface area contributed by atoms with Crippen molar-refractivity contribution in [1.82, 2.24) is 4.98 Å². The number of benzene rings is 3. The number of pyridine rings is 1. The first kappa shape index (κ1) is 22.0. The molecule has 33 heavy (non-hydrogen) atoms. The molecule has 1 heterocycles. The summed E-state index contributed by atoms with van der Waals surface area (Å²) in [5.74, 6) is 0.432. The van der Waals surface area contributed by atoms with Gasteiger partial charge in [-0.3, -0.25) is 0 Å². The van der Waals surface area contributed by atoms with Gasteiger partial charge in [-0.05, 0) is 36.8 Å². The van der Waals surface area contributed by atoms with Gasteiger partial charge in [-0.2, -0.15) is 5.26 Å². The zero-order valence-corrected chi connectivity index (χ0v) is 17.8. The largest absolute Gasteiger partial charge is 0.489 e. The molecule has 3 aromatic carbocycles. The molecule has 0 aliphatic heterocycles. The Hall–Kier alpha value is -4.18. The summed E-state index contributed by atoms with van der Waals surface area (Å²) in [6.07, 6.45) is 0. The van der Waals surface area contributed by atoms with E-state index in [1.54, 1.807) is 36.4 Å². The number of hydrogen-bond donors (Lipinski definition) is 0. The van der Waals surface area contributed by atoms with Gasteiger partial charge in [0.25, 0.3) is 0 Å². The molecule has 166 valence electrons. The zero-order valence-electron chi connectivity index (χ0n) is 17.8. The van der Waals surface area contributed by atoms with Crippen LogP contribution in [0.3, 0.4) is 0 Å². The van der Waals surface area contributed by atoms with E-state index in [0.717, 1.165) is 17.2 Å². The molecule has 0 bridgehead atoms. The highest BCUT2D eigenvalue weighted by atomic mass is 19.1. The number of aromatic nitrogens is 1. The Bertz CT molecular complexity index is 1340. The molecule has 0 spiro atoms. The fraction of sp³-hybridized carbons (Fsp3) is 0.154. The van der Waals surface area contributed by atoms with Crippen molar-refractivity contribution in [2.45, 2.75) is 20.1 Å². The number of rotatable bonds is 8. The number of ether oxygens (including phenoxy) is 3. The molecule has 0 unspecified atom stereocenters. The van der Waals surface area contributed by atoms with E-state index in [9.17, 15) is 8.78 Å². The molecular formula is C26H20F2N2O3. The van der Waals surface area contributed by atoms with Gasteiger partial charge in [0, 0.05) is 23.1 Å². The molecule has 0 fully saturated rings. The van der Waals surface area contributed by atoms with Gasteiger partial charge in [-0.25, -0.2) is 13.8 Å². The van der Waals surface area contributed by atoms with Crippen molar-refractivity contribution in [3.63, 3.8) is 0 Å². The Balaban J connectivity index is 1.42. The first-order valence-corrected chi connectivity index (χ1v) is 10.2. The summed E-state index contributed by atoms with van der Waals surface area (Å²) < 4.78 is 44.6. The van der Waals surface area contributed by atoms with Crippen molar-refractivity contribution in [2.24, 2.45) is 0 Å². The quantitative estimate of drug-likeness (QED) is 0.338. The van der Waals surface area contributed by atoms with E-state index in [1.807, 2.05) is 31.2 Å². The second-order valence-corrected chi connectivity index (χ2v) is 7.32. The number of hydrogen-bond acceptors (Lipinski definition) is 5. The van der Waals surface area contributed by atoms with Gasteiger partial charge in [0.1, 0.15) is 47.9 Å². The van der Waals surface area contributed by atoms with Crippen LogP contribution in [0, 0.1) is 29.9 Å². The van der Waals surface area contributed by atoms with Gasteiger partial charge in [-0.1, -0.05) is 30.3 Å². The lowest BCUT2D eigenvalue weighted by Crippen LogP contribution is -2.03. The Morgan fingerprint density at radius 2 is 1.64 bits per heavy atom. The Morgan fingerprint density at radius 1 is 0.879 bits per heavy atom. The van der Waals surface area contributed by atoms with Crippen LogP contribution in [0.5, 0.6) is 17.2 Å². The highest BCUT2D eigenvalue weighted by Crippen LogP contribution is 2.27. The molecule has 0 saturated heterocycles. The van der Waals surface area contributed by atoms with Gasteiger partial charge in [0.2, 0.25) is 0 Å². The highest BCUT2D eigenvalue weighted by molar-refractivity contribution is 5.79. The molecule has 4 rings (SSSR count). The number of fused-ring (bicyclic) bond motifs is 1. The molecule has 0 aliphatic rings. The summed E-state index contributed by atoms with van der Waals surface area (Å²) in [5.41, 5.74) is 2.36. The van der Waals surface area contributed by atoms with Crippen LogP contribution in [0.4, 0.5) is 8.78 Å². The van der Waals surface area contributed by atoms with Gasteiger partial charge in [-0.15, -0.1) is 0 Å². The maximum Gasteiger partial charge on any atom is 0.174 e. The third-order valence-electron chi connectivity index (χ3n) is 4.93. The highest BCUT2D eigenvalue weighted by Gasteiger charge is 2.10. The van der Waals surface area contributed by atoms with E-state index in [-0.39, 0.29) is 25.3 Å². The normalized spacial score (nSPS) is 10.6. The molecule has 5 nitrogen and oxygen atoms in total. The second-order valence-electron chi connectivity index (χ2n) is 7.32. The predicted octanol–water partition coefficient (Wildman–Crippen LogP) is 5.88. The van der Waals surface area contributed by atoms with Crippen LogP contribution in [-0.4, -0.2) is 11.6 Å². The van der Waals surface area contributed by atoms with Gasteiger partial charge in [0.05, 0.1) is 5.69 Å². The van der Waals surface area contributed by atoms with Crippen LogP contribution in [0.15, 0.2) is 66.7 Å². The Kier molecular flexibility index (Phi) is 6.65. The number of halogens is 2. The van der Waals surface area contributed by atoms with Gasteiger partial charge < -0.3 is 14.2 Å². The van der Waals surface area contributed by atoms with E-state index in [2.05, 4.69) is 4.98 Å². The molecule has 0 radical (unpaired) electrons. The van der Waals surface area contributed by atoms with Crippen LogP contribution < -0.4 is 14.2 Å². The standard InChI is InChI=1S/C26H20F2N2O3/c1-17-4-2-5-19(26(17)31-11-10-29)15-32-22-6-3-7-23(14-22)33-16-21-9-8-18-12-20(27)13-24(28)25(18)30-21/h2-9,12-14H,11,15-16H2,1H3. The smallest absolute Gasteiger partial charge is 0.174 e. The monoisotopic (exact) mass is 446 g/mol. The van der Waals surface area contributed by atoms with E-state index in [0.29, 0.717) is 28.3 Å². The Labute approximate surface area is 189 Å². The van der Waals surface area contributed by atoms with Crippen molar-refractivity contribution >= 4 is 10.9 Å². The van der Waals surface area contributed by atoms with Crippen molar-refractivity contribution in [2.75, 3.05) is 6.61 Å². The summed E-state index contributed by atoms with van der Waals surface area (Å²) in [6, 6.07) is 20.1. The molecule has 0 aliphatic carbocycles. The lowest BCUT2D eigenvalue weighted by atomic mass is 10.1. The Morgan fingerprint density at radius 3 is 2.42 bits per heavy atom. The predicted molar refractivity (Wildman–Crippen MR) is 119 cm³/mol. The topological polar surface area (TPSA) is 64.4 Å². The molecule has 4 aromatic rings. The minimum Gasteiger partial charge on any atom is -0.489 e. The molecular weight excluding hydrogens is 426 g/mol. The lowest BCUT2D eigenvalue weighted by molar-refractivity contribution is 0.281. The number of para-hydroxylation sites is 1. The van der Waals surface area contributed by atoms with Crippen LogP contribution in [-0.2, 0) is 13.2 Å². The van der Waals surface area contributed by atoms with Crippen molar-refractivity contribution in [3.8, 4) is 23.3 Å². The summed E-state index contributed by atoms with van der Waals surface area (Å²) >= 11 is 0. The molecule has 0 N–H and O–H groups in total. The average Bonchev–Trinajstić information content (AvgIpc) is 2.81. The number of nitrogens with zero attached hydrogens (tertiary/aromatic N) is 2. The number of nitriles is 1. The third-order valence-corrected chi connectivity index (χ3v) is 4.93.